The van der Waals surface area contributed by atoms with Crippen LogP contribution in [0.1, 0.15) is 56.2 Å². The minimum absolute atomic E-state index is 0.328. The molecule has 1 saturated heterocycles. The zero-order chi connectivity index (χ0) is 14.5. The molecule has 0 amide bonds. The third-order valence-electron chi connectivity index (χ3n) is 4.54. The van der Waals surface area contributed by atoms with Crippen molar-refractivity contribution in [2.75, 3.05) is 19.8 Å². The molecule has 1 heterocycles. The minimum Gasteiger partial charge on any atom is -0.490 e. The van der Waals surface area contributed by atoms with Gasteiger partial charge in [-0.2, -0.15) is 0 Å². The van der Waals surface area contributed by atoms with Gasteiger partial charge < -0.3 is 14.8 Å². The molecule has 21 heavy (non-hydrogen) atoms. The van der Waals surface area contributed by atoms with Crippen molar-refractivity contribution in [3.8, 4) is 5.75 Å². The number of benzene rings is 1. The maximum atomic E-state index is 6.14. The zero-order valence-corrected chi connectivity index (χ0v) is 13.1. The Bertz CT molecular complexity index is 455. The number of hydrogen-bond donors (Lipinski definition) is 1. The summed E-state index contributed by atoms with van der Waals surface area (Å²) in [5.41, 5.74) is 2.95. The second-order valence-electron chi connectivity index (χ2n) is 6.19. The van der Waals surface area contributed by atoms with Gasteiger partial charge in [0.1, 0.15) is 11.9 Å². The fraction of sp³-hybridized carbons (Fsp3) is 0.667. The molecule has 116 valence electrons. The maximum Gasteiger partial charge on any atom is 0.120 e. The molecule has 1 atom stereocenters. The van der Waals surface area contributed by atoms with Crippen molar-refractivity contribution in [1.82, 2.24) is 5.32 Å². The summed E-state index contributed by atoms with van der Waals surface area (Å²) in [6.45, 7) is 4.99. The molecule has 0 aromatic heterocycles. The van der Waals surface area contributed by atoms with Crippen LogP contribution in [0, 0.1) is 0 Å². The van der Waals surface area contributed by atoms with E-state index < -0.39 is 0 Å². The largest absolute Gasteiger partial charge is 0.490 e. The summed E-state index contributed by atoms with van der Waals surface area (Å²) >= 11 is 0. The average Bonchev–Trinajstić information content (AvgIpc) is 2.53. The molecule has 1 fully saturated rings. The Kier molecular flexibility index (Phi) is 5.15. The Balaban J connectivity index is 1.68. The third-order valence-corrected chi connectivity index (χ3v) is 4.54. The molecular formula is C18H27NO2. The molecule has 0 saturated carbocycles. The smallest absolute Gasteiger partial charge is 0.120 e. The Morgan fingerprint density at radius 3 is 2.90 bits per heavy atom. The molecule has 0 bridgehead atoms. The average molecular weight is 289 g/mol. The van der Waals surface area contributed by atoms with Crippen LogP contribution in [-0.4, -0.2) is 25.9 Å². The SMILES string of the molecule is CCCNC1CCCc2cc(OC3CCOCC3)ccc21. The first-order valence-electron chi connectivity index (χ1n) is 8.47. The number of fused-ring (bicyclic) bond motifs is 1. The Hall–Kier alpha value is -1.06. The van der Waals surface area contributed by atoms with Crippen molar-refractivity contribution in [1.29, 1.82) is 0 Å². The number of hydrogen-bond acceptors (Lipinski definition) is 3. The summed E-state index contributed by atoms with van der Waals surface area (Å²) < 4.78 is 11.5. The first-order chi connectivity index (χ1) is 10.4. The number of nitrogens with one attached hydrogen (secondary N) is 1. The Morgan fingerprint density at radius 1 is 1.24 bits per heavy atom. The lowest BCUT2D eigenvalue weighted by Gasteiger charge is -2.28. The summed E-state index contributed by atoms with van der Waals surface area (Å²) in [4.78, 5) is 0. The van der Waals surface area contributed by atoms with E-state index in [0.29, 0.717) is 12.1 Å². The van der Waals surface area contributed by atoms with Crippen LogP contribution in [0.4, 0.5) is 0 Å². The molecule has 0 spiro atoms. The van der Waals surface area contributed by atoms with Gasteiger partial charge in [-0.1, -0.05) is 13.0 Å². The predicted molar refractivity (Wildman–Crippen MR) is 84.9 cm³/mol. The van der Waals surface area contributed by atoms with E-state index in [-0.39, 0.29) is 0 Å². The Labute approximate surface area is 128 Å². The van der Waals surface area contributed by atoms with E-state index in [1.165, 1.54) is 36.8 Å². The van der Waals surface area contributed by atoms with Crippen molar-refractivity contribution < 1.29 is 9.47 Å². The molecule has 1 aromatic rings. The first kappa shape index (κ1) is 14.9. The van der Waals surface area contributed by atoms with Crippen molar-refractivity contribution in [3.63, 3.8) is 0 Å². The van der Waals surface area contributed by atoms with Crippen molar-refractivity contribution in [2.24, 2.45) is 0 Å². The standard InChI is InChI=1S/C18H27NO2/c1-2-10-19-18-5-3-4-14-13-16(6-7-17(14)18)21-15-8-11-20-12-9-15/h6-7,13,15,18-19H,2-5,8-12H2,1H3. The second kappa shape index (κ2) is 7.28. The maximum absolute atomic E-state index is 6.14. The summed E-state index contributed by atoms with van der Waals surface area (Å²) in [5, 5.41) is 3.67. The zero-order valence-electron chi connectivity index (χ0n) is 13.1. The molecule has 1 aromatic carbocycles. The van der Waals surface area contributed by atoms with Crippen molar-refractivity contribution in [2.45, 2.75) is 57.6 Å². The molecule has 1 aliphatic heterocycles. The van der Waals surface area contributed by atoms with Gasteiger partial charge in [0.15, 0.2) is 0 Å². The normalized spacial score (nSPS) is 22.8. The van der Waals surface area contributed by atoms with E-state index >= 15 is 0 Å². The third kappa shape index (κ3) is 3.78. The highest BCUT2D eigenvalue weighted by molar-refractivity contribution is 5.39. The van der Waals surface area contributed by atoms with Gasteiger partial charge in [0.25, 0.3) is 0 Å². The van der Waals surface area contributed by atoms with Crippen molar-refractivity contribution >= 4 is 0 Å². The molecule has 1 aliphatic carbocycles. The summed E-state index contributed by atoms with van der Waals surface area (Å²) in [5.74, 6) is 1.04. The van der Waals surface area contributed by atoms with Gasteiger partial charge in [0.05, 0.1) is 13.2 Å². The number of ether oxygens (including phenoxy) is 2. The van der Waals surface area contributed by atoms with Gasteiger partial charge in [-0.25, -0.2) is 0 Å². The predicted octanol–water partition coefficient (Wildman–Crippen LogP) is 3.62. The van der Waals surface area contributed by atoms with E-state index in [0.717, 1.165) is 38.3 Å². The molecule has 3 nitrogen and oxygen atoms in total. The lowest BCUT2D eigenvalue weighted by Crippen LogP contribution is -2.27. The fourth-order valence-corrected chi connectivity index (χ4v) is 3.38. The molecule has 3 heteroatoms. The molecule has 3 rings (SSSR count). The van der Waals surface area contributed by atoms with E-state index in [1.807, 2.05) is 0 Å². The molecular weight excluding hydrogens is 262 g/mol. The highest BCUT2D eigenvalue weighted by Crippen LogP contribution is 2.32. The molecule has 2 aliphatic rings. The Morgan fingerprint density at radius 2 is 2.10 bits per heavy atom. The monoisotopic (exact) mass is 289 g/mol. The topological polar surface area (TPSA) is 30.5 Å². The van der Waals surface area contributed by atoms with Gasteiger partial charge in [0.2, 0.25) is 0 Å². The van der Waals surface area contributed by atoms with E-state index in [2.05, 4.69) is 30.4 Å². The lowest BCUT2D eigenvalue weighted by molar-refractivity contribution is 0.0255. The van der Waals surface area contributed by atoms with E-state index in [4.69, 9.17) is 9.47 Å². The van der Waals surface area contributed by atoms with Crippen LogP contribution in [0.2, 0.25) is 0 Å². The molecule has 1 N–H and O–H groups in total. The van der Waals surface area contributed by atoms with Crippen LogP contribution in [-0.2, 0) is 11.2 Å². The van der Waals surface area contributed by atoms with Crippen LogP contribution in [0.25, 0.3) is 0 Å². The van der Waals surface area contributed by atoms with Gasteiger partial charge in [-0.3, -0.25) is 0 Å². The summed E-state index contributed by atoms with van der Waals surface area (Å²) in [6.07, 6.45) is 7.26. The lowest BCUT2D eigenvalue weighted by atomic mass is 9.87. The van der Waals surface area contributed by atoms with Gasteiger partial charge in [-0.05, 0) is 55.5 Å². The van der Waals surface area contributed by atoms with Crippen LogP contribution in [0.15, 0.2) is 18.2 Å². The fourth-order valence-electron chi connectivity index (χ4n) is 3.38. The van der Waals surface area contributed by atoms with Gasteiger partial charge in [-0.15, -0.1) is 0 Å². The van der Waals surface area contributed by atoms with Crippen molar-refractivity contribution in [3.05, 3.63) is 29.3 Å². The van der Waals surface area contributed by atoms with E-state index in [1.54, 1.807) is 0 Å². The minimum atomic E-state index is 0.328. The molecule has 0 radical (unpaired) electrons. The number of aryl methyl sites for hydroxylation is 1. The van der Waals surface area contributed by atoms with Gasteiger partial charge in [0, 0.05) is 18.9 Å². The highest BCUT2D eigenvalue weighted by atomic mass is 16.5. The second-order valence-corrected chi connectivity index (χ2v) is 6.19. The van der Waals surface area contributed by atoms with Crippen LogP contribution in [0.3, 0.4) is 0 Å². The highest BCUT2D eigenvalue weighted by Gasteiger charge is 2.21. The summed E-state index contributed by atoms with van der Waals surface area (Å²) in [6, 6.07) is 7.23. The van der Waals surface area contributed by atoms with Gasteiger partial charge >= 0.3 is 0 Å². The number of rotatable bonds is 5. The molecule has 1 unspecified atom stereocenters. The van der Waals surface area contributed by atoms with E-state index in [9.17, 15) is 0 Å². The van der Waals surface area contributed by atoms with Crippen LogP contribution >= 0.6 is 0 Å². The quantitative estimate of drug-likeness (QED) is 0.898. The first-order valence-corrected chi connectivity index (χ1v) is 8.47. The summed E-state index contributed by atoms with van der Waals surface area (Å²) in [7, 11) is 0. The van der Waals surface area contributed by atoms with Crippen LogP contribution in [0.5, 0.6) is 5.75 Å². The van der Waals surface area contributed by atoms with Crippen LogP contribution < -0.4 is 10.1 Å².